The Balaban J connectivity index is 1.41. The SMILES string of the molecule is O=C(CSc1nnc(-c2ccccc2Cl)n1-c1ccc(Cl)cc1)c1ccc(-c2ccccc2)cc1. The van der Waals surface area contributed by atoms with Gasteiger partial charge >= 0.3 is 0 Å². The van der Waals surface area contributed by atoms with E-state index in [2.05, 4.69) is 10.2 Å². The van der Waals surface area contributed by atoms with Gasteiger partial charge in [0.1, 0.15) is 0 Å². The number of hydrogen-bond acceptors (Lipinski definition) is 4. The number of Topliss-reactive ketones (excluding diaryl/α,β-unsaturated/α-hetero) is 1. The minimum Gasteiger partial charge on any atom is -0.293 e. The molecule has 0 aliphatic carbocycles. The third kappa shape index (κ3) is 5.17. The summed E-state index contributed by atoms with van der Waals surface area (Å²) >= 11 is 13.9. The van der Waals surface area contributed by atoms with E-state index in [1.165, 1.54) is 11.8 Å². The molecule has 0 bridgehead atoms. The summed E-state index contributed by atoms with van der Waals surface area (Å²) in [5.74, 6) is 0.832. The van der Waals surface area contributed by atoms with Crippen molar-refractivity contribution in [2.24, 2.45) is 0 Å². The number of nitrogens with zero attached hydrogens (tertiary/aromatic N) is 3. The molecule has 4 aromatic carbocycles. The van der Waals surface area contributed by atoms with E-state index in [9.17, 15) is 4.79 Å². The van der Waals surface area contributed by atoms with Gasteiger partial charge in [0.05, 0.1) is 10.8 Å². The quantitative estimate of drug-likeness (QED) is 0.163. The van der Waals surface area contributed by atoms with E-state index in [1.54, 1.807) is 12.1 Å². The summed E-state index contributed by atoms with van der Waals surface area (Å²) in [5, 5.41) is 10.6. The third-order valence-corrected chi connectivity index (χ3v) is 6.99. The molecule has 1 heterocycles. The van der Waals surface area contributed by atoms with Crippen LogP contribution in [-0.4, -0.2) is 26.3 Å². The Morgan fingerprint density at radius 1 is 0.743 bits per heavy atom. The largest absolute Gasteiger partial charge is 0.293 e. The molecule has 0 saturated carbocycles. The summed E-state index contributed by atoms with van der Waals surface area (Å²) in [7, 11) is 0. The number of carbonyl (C=O) groups is 1. The van der Waals surface area contributed by atoms with Crippen LogP contribution in [0, 0.1) is 0 Å². The highest BCUT2D eigenvalue weighted by atomic mass is 35.5. The van der Waals surface area contributed by atoms with E-state index in [4.69, 9.17) is 23.2 Å². The highest BCUT2D eigenvalue weighted by molar-refractivity contribution is 7.99. The predicted octanol–water partition coefficient (Wildman–Crippen LogP) is 7.88. The first kappa shape index (κ1) is 23.4. The Bertz CT molecular complexity index is 1470. The maximum absolute atomic E-state index is 13.0. The molecule has 0 amide bonds. The van der Waals surface area contributed by atoms with Crippen molar-refractivity contribution < 1.29 is 4.79 Å². The van der Waals surface area contributed by atoms with Gasteiger partial charge in [-0.05, 0) is 47.5 Å². The molecule has 5 aromatic rings. The molecule has 0 saturated heterocycles. The number of ketones is 1. The fourth-order valence-corrected chi connectivity index (χ4v) is 4.89. The number of thioether (sulfide) groups is 1. The number of hydrogen-bond donors (Lipinski definition) is 0. The van der Waals surface area contributed by atoms with Crippen molar-refractivity contribution in [2.75, 3.05) is 5.75 Å². The molecule has 0 spiro atoms. The highest BCUT2D eigenvalue weighted by Gasteiger charge is 2.19. The minimum atomic E-state index is 0.0135. The molecule has 0 unspecified atom stereocenters. The number of rotatable bonds is 7. The van der Waals surface area contributed by atoms with Crippen molar-refractivity contribution in [1.29, 1.82) is 0 Å². The van der Waals surface area contributed by atoms with Crippen LogP contribution in [0.25, 0.3) is 28.2 Å². The lowest BCUT2D eigenvalue weighted by Crippen LogP contribution is -2.05. The average Bonchev–Trinajstić information content (AvgIpc) is 3.32. The van der Waals surface area contributed by atoms with Gasteiger partial charge in [0.2, 0.25) is 0 Å². The lowest BCUT2D eigenvalue weighted by molar-refractivity contribution is 0.102. The van der Waals surface area contributed by atoms with Crippen molar-refractivity contribution in [3.05, 3.63) is 119 Å². The summed E-state index contributed by atoms with van der Waals surface area (Å²) < 4.78 is 1.90. The zero-order valence-electron chi connectivity index (χ0n) is 18.4. The van der Waals surface area contributed by atoms with Gasteiger partial charge in [0, 0.05) is 21.8 Å². The van der Waals surface area contributed by atoms with Crippen molar-refractivity contribution in [1.82, 2.24) is 14.8 Å². The Hall–Kier alpha value is -3.38. The molecule has 5 rings (SSSR count). The smallest absolute Gasteiger partial charge is 0.196 e. The zero-order chi connectivity index (χ0) is 24.2. The number of aromatic nitrogens is 3. The van der Waals surface area contributed by atoms with Gasteiger partial charge in [-0.25, -0.2) is 0 Å². The Labute approximate surface area is 217 Å². The first-order chi connectivity index (χ1) is 17.1. The Morgan fingerprint density at radius 2 is 1.40 bits per heavy atom. The van der Waals surface area contributed by atoms with E-state index >= 15 is 0 Å². The number of halogens is 2. The topological polar surface area (TPSA) is 47.8 Å². The third-order valence-electron chi connectivity index (χ3n) is 5.48. The molecule has 0 aliphatic rings. The van der Waals surface area contributed by atoms with Crippen molar-refractivity contribution >= 4 is 40.7 Å². The van der Waals surface area contributed by atoms with Gasteiger partial charge < -0.3 is 0 Å². The molecular formula is C28H19Cl2N3OS. The first-order valence-electron chi connectivity index (χ1n) is 10.9. The van der Waals surface area contributed by atoms with Crippen LogP contribution in [0.2, 0.25) is 10.0 Å². The van der Waals surface area contributed by atoms with Crippen LogP contribution >= 0.6 is 35.0 Å². The van der Waals surface area contributed by atoms with E-state index in [1.807, 2.05) is 95.6 Å². The molecule has 0 fully saturated rings. The molecule has 4 nitrogen and oxygen atoms in total. The second-order valence-electron chi connectivity index (χ2n) is 7.75. The van der Waals surface area contributed by atoms with Gasteiger partial charge in [0.15, 0.2) is 16.8 Å². The lowest BCUT2D eigenvalue weighted by atomic mass is 10.0. The summed E-state index contributed by atoms with van der Waals surface area (Å²) in [6.45, 7) is 0. The second-order valence-corrected chi connectivity index (χ2v) is 9.54. The standard InChI is InChI=1S/C28H19Cl2N3OS/c29-22-14-16-23(17-15-22)33-27(24-8-4-5-9-25(24)30)31-32-28(33)35-18-26(34)21-12-10-20(11-13-21)19-6-2-1-3-7-19/h1-17H,18H2. The van der Waals surface area contributed by atoms with Gasteiger partial charge in [-0.1, -0.05) is 102 Å². The fraction of sp³-hybridized carbons (Fsp3) is 0.0357. The van der Waals surface area contributed by atoms with Gasteiger partial charge in [-0.3, -0.25) is 9.36 Å². The van der Waals surface area contributed by atoms with Crippen LogP contribution in [-0.2, 0) is 0 Å². The molecule has 1 aromatic heterocycles. The maximum Gasteiger partial charge on any atom is 0.196 e. The molecule has 7 heteroatoms. The number of carbonyl (C=O) groups excluding carboxylic acids is 1. The van der Waals surface area contributed by atoms with Gasteiger partial charge in [0.25, 0.3) is 0 Å². The lowest BCUT2D eigenvalue weighted by Gasteiger charge is -2.11. The monoisotopic (exact) mass is 515 g/mol. The zero-order valence-corrected chi connectivity index (χ0v) is 20.8. The van der Waals surface area contributed by atoms with Crippen LogP contribution in [0.4, 0.5) is 0 Å². The van der Waals surface area contributed by atoms with E-state index in [0.717, 1.165) is 22.4 Å². The van der Waals surface area contributed by atoms with E-state index in [0.29, 0.717) is 26.6 Å². The van der Waals surface area contributed by atoms with Gasteiger partial charge in [-0.15, -0.1) is 10.2 Å². The Kier molecular flexibility index (Phi) is 7.00. The van der Waals surface area contributed by atoms with Crippen LogP contribution in [0.3, 0.4) is 0 Å². The molecule has 0 radical (unpaired) electrons. The van der Waals surface area contributed by atoms with E-state index in [-0.39, 0.29) is 11.5 Å². The molecule has 0 atom stereocenters. The highest BCUT2D eigenvalue weighted by Crippen LogP contribution is 2.32. The molecule has 35 heavy (non-hydrogen) atoms. The summed E-state index contributed by atoms with van der Waals surface area (Å²) in [4.78, 5) is 13.0. The van der Waals surface area contributed by atoms with E-state index < -0.39 is 0 Å². The van der Waals surface area contributed by atoms with Crippen molar-refractivity contribution in [2.45, 2.75) is 5.16 Å². The Morgan fingerprint density at radius 3 is 2.11 bits per heavy atom. The first-order valence-corrected chi connectivity index (χ1v) is 12.6. The maximum atomic E-state index is 13.0. The van der Waals surface area contributed by atoms with Crippen LogP contribution in [0.5, 0.6) is 0 Å². The number of benzene rings is 4. The van der Waals surface area contributed by atoms with Crippen LogP contribution in [0.1, 0.15) is 10.4 Å². The summed E-state index contributed by atoms with van der Waals surface area (Å²) in [5.41, 5.74) is 4.43. The molecule has 172 valence electrons. The fourth-order valence-electron chi connectivity index (χ4n) is 3.70. The molecular weight excluding hydrogens is 497 g/mol. The molecule has 0 N–H and O–H groups in total. The second kappa shape index (κ2) is 10.5. The van der Waals surface area contributed by atoms with Crippen LogP contribution in [0.15, 0.2) is 108 Å². The van der Waals surface area contributed by atoms with Crippen molar-refractivity contribution in [3.8, 4) is 28.2 Å². The average molecular weight is 516 g/mol. The van der Waals surface area contributed by atoms with Gasteiger partial charge in [-0.2, -0.15) is 0 Å². The summed E-state index contributed by atoms with van der Waals surface area (Å²) in [6.07, 6.45) is 0. The van der Waals surface area contributed by atoms with Crippen molar-refractivity contribution in [3.63, 3.8) is 0 Å². The predicted molar refractivity (Wildman–Crippen MR) is 144 cm³/mol. The normalized spacial score (nSPS) is 10.9. The minimum absolute atomic E-state index is 0.0135. The summed E-state index contributed by atoms with van der Waals surface area (Å²) in [6, 6.07) is 32.6. The van der Waals surface area contributed by atoms with Crippen LogP contribution < -0.4 is 0 Å². The molecule has 0 aliphatic heterocycles.